The molecule has 5 nitrogen and oxygen atoms in total. The number of ether oxygens (including phenoxy) is 1. The molecule has 1 aromatic heterocycles. The van der Waals surface area contributed by atoms with Gasteiger partial charge in [0.2, 0.25) is 5.88 Å². The third-order valence-corrected chi connectivity index (χ3v) is 2.89. The normalized spacial score (nSPS) is 10.2. The SMILES string of the molecule is Nc1cc(F)ccc1Oc1nc[nH]c(=O)c1I. The molecule has 0 aliphatic heterocycles. The Bertz CT molecular complexity index is 615. The van der Waals surface area contributed by atoms with Crippen molar-refractivity contribution in [1.29, 1.82) is 0 Å². The molecule has 0 saturated heterocycles. The van der Waals surface area contributed by atoms with E-state index in [1.54, 1.807) is 22.6 Å². The molecule has 1 aromatic carbocycles. The highest BCUT2D eigenvalue weighted by Crippen LogP contribution is 2.27. The first-order valence-corrected chi connectivity index (χ1v) is 5.62. The fraction of sp³-hybridized carbons (Fsp3) is 0. The Morgan fingerprint density at radius 3 is 2.94 bits per heavy atom. The summed E-state index contributed by atoms with van der Waals surface area (Å²) in [6, 6.07) is 3.73. The van der Waals surface area contributed by atoms with E-state index in [-0.39, 0.29) is 22.9 Å². The molecule has 2 rings (SSSR count). The number of hydrogen-bond acceptors (Lipinski definition) is 4. The zero-order chi connectivity index (χ0) is 12.4. The Balaban J connectivity index is 2.38. The molecule has 1 heterocycles. The molecular weight excluding hydrogens is 340 g/mol. The van der Waals surface area contributed by atoms with Crippen LogP contribution >= 0.6 is 22.6 Å². The Hall–Kier alpha value is -1.64. The lowest BCUT2D eigenvalue weighted by molar-refractivity contribution is 0.457. The highest BCUT2D eigenvalue weighted by molar-refractivity contribution is 14.1. The molecule has 88 valence electrons. The summed E-state index contributed by atoms with van der Waals surface area (Å²) in [5.41, 5.74) is 5.41. The third kappa shape index (κ3) is 2.54. The van der Waals surface area contributed by atoms with E-state index in [1.165, 1.54) is 18.5 Å². The number of aromatic nitrogens is 2. The summed E-state index contributed by atoms with van der Waals surface area (Å²) >= 11 is 1.80. The van der Waals surface area contributed by atoms with Crippen molar-refractivity contribution in [1.82, 2.24) is 9.97 Å². The molecule has 0 fully saturated rings. The van der Waals surface area contributed by atoms with E-state index in [4.69, 9.17) is 10.5 Å². The van der Waals surface area contributed by atoms with Gasteiger partial charge in [-0.2, -0.15) is 0 Å². The van der Waals surface area contributed by atoms with Gasteiger partial charge in [-0.15, -0.1) is 0 Å². The Morgan fingerprint density at radius 1 is 1.47 bits per heavy atom. The van der Waals surface area contributed by atoms with Crippen molar-refractivity contribution in [3.05, 3.63) is 44.3 Å². The summed E-state index contributed by atoms with van der Waals surface area (Å²) in [7, 11) is 0. The summed E-state index contributed by atoms with van der Waals surface area (Å²) < 4.78 is 18.5. The van der Waals surface area contributed by atoms with Crippen LogP contribution < -0.4 is 16.0 Å². The number of H-pyrrole nitrogens is 1. The molecule has 0 radical (unpaired) electrons. The van der Waals surface area contributed by atoms with E-state index in [0.29, 0.717) is 3.57 Å². The monoisotopic (exact) mass is 347 g/mol. The molecule has 0 unspecified atom stereocenters. The lowest BCUT2D eigenvalue weighted by Crippen LogP contribution is -2.11. The first kappa shape index (κ1) is 11.8. The molecule has 0 spiro atoms. The molecule has 0 aliphatic carbocycles. The zero-order valence-corrected chi connectivity index (χ0v) is 10.6. The van der Waals surface area contributed by atoms with Gasteiger partial charge in [-0.25, -0.2) is 9.37 Å². The van der Waals surface area contributed by atoms with Gasteiger partial charge < -0.3 is 15.5 Å². The number of anilines is 1. The smallest absolute Gasteiger partial charge is 0.268 e. The van der Waals surface area contributed by atoms with Crippen LogP contribution in [0.3, 0.4) is 0 Å². The molecule has 7 heteroatoms. The highest BCUT2D eigenvalue weighted by atomic mass is 127. The lowest BCUT2D eigenvalue weighted by Gasteiger charge is -2.07. The minimum Gasteiger partial charge on any atom is -0.435 e. The van der Waals surface area contributed by atoms with Crippen molar-refractivity contribution in [2.24, 2.45) is 0 Å². The van der Waals surface area contributed by atoms with Gasteiger partial charge in [0.15, 0.2) is 5.75 Å². The Morgan fingerprint density at radius 2 is 2.24 bits per heavy atom. The number of hydrogen-bond donors (Lipinski definition) is 2. The average molecular weight is 347 g/mol. The fourth-order valence-electron chi connectivity index (χ4n) is 1.15. The molecule has 17 heavy (non-hydrogen) atoms. The van der Waals surface area contributed by atoms with Crippen molar-refractivity contribution >= 4 is 28.3 Å². The van der Waals surface area contributed by atoms with Gasteiger partial charge >= 0.3 is 0 Å². The van der Waals surface area contributed by atoms with Crippen molar-refractivity contribution in [2.45, 2.75) is 0 Å². The number of nitrogen functional groups attached to an aromatic ring is 1. The van der Waals surface area contributed by atoms with E-state index in [1.807, 2.05) is 0 Å². The molecule has 0 saturated carbocycles. The van der Waals surface area contributed by atoms with Crippen LogP contribution in [0.4, 0.5) is 10.1 Å². The van der Waals surface area contributed by atoms with E-state index in [9.17, 15) is 9.18 Å². The van der Waals surface area contributed by atoms with Crippen LogP contribution in [-0.4, -0.2) is 9.97 Å². The van der Waals surface area contributed by atoms with Crippen molar-refractivity contribution in [3.8, 4) is 11.6 Å². The molecule has 2 aromatic rings. The number of nitrogens with zero attached hydrogens (tertiary/aromatic N) is 1. The van der Waals surface area contributed by atoms with Gasteiger partial charge in [-0.05, 0) is 34.7 Å². The second-order valence-corrected chi connectivity index (χ2v) is 4.21. The Kier molecular flexibility index (Phi) is 3.27. The first-order chi connectivity index (χ1) is 8.08. The summed E-state index contributed by atoms with van der Waals surface area (Å²) in [6.07, 6.45) is 1.22. The number of nitrogens with one attached hydrogen (secondary N) is 1. The Labute approximate surface area is 109 Å². The average Bonchev–Trinajstić information content (AvgIpc) is 2.28. The predicted molar refractivity (Wildman–Crippen MR) is 68.5 cm³/mol. The third-order valence-electron chi connectivity index (χ3n) is 1.94. The largest absolute Gasteiger partial charge is 0.435 e. The van der Waals surface area contributed by atoms with Crippen LogP contribution in [0.1, 0.15) is 0 Å². The standard InChI is InChI=1S/C10H7FIN3O2/c11-5-1-2-7(6(13)3-5)17-10-8(12)9(16)14-4-15-10/h1-4H,13H2,(H,14,15,16). The van der Waals surface area contributed by atoms with Crippen LogP contribution in [0.25, 0.3) is 0 Å². The minimum absolute atomic E-state index is 0.132. The summed E-state index contributed by atoms with van der Waals surface area (Å²) in [5, 5.41) is 0. The molecule has 3 N–H and O–H groups in total. The topological polar surface area (TPSA) is 81.0 Å². The highest BCUT2D eigenvalue weighted by Gasteiger charge is 2.10. The summed E-state index contributed by atoms with van der Waals surface area (Å²) in [6.45, 7) is 0. The van der Waals surface area contributed by atoms with Crippen molar-refractivity contribution in [2.75, 3.05) is 5.73 Å². The molecule has 0 amide bonds. The minimum atomic E-state index is -0.455. The molecule has 0 aliphatic rings. The van der Waals surface area contributed by atoms with Gasteiger partial charge in [0.25, 0.3) is 5.56 Å². The van der Waals surface area contributed by atoms with Gasteiger partial charge in [-0.3, -0.25) is 4.79 Å². The number of rotatable bonds is 2. The summed E-state index contributed by atoms with van der Waals surface area (Å²) in [5.74, 6) is -0.0708. The van der Waals surface area contributed by atoms with Crippen molar-refractivity contribution in [3.63, 3.8) is 0 Å². The number of halogens is 2. The lowest BCUT2D eigenvalue weighted by atomic mass is 10.3. The zero-order valence-electron chi connectivity index (χ0n) is 8.41. The quantitative estimate of drug-likeness (QED) is 0.642. The fourth-order valence-corrected chi connectivity index (χ4v) is 1.56. The van der Waals surface area contributed by atoms with E-state index >= 15 is 0 Å². The second kappa shape index (κ2) is 4.70. The maximum atomic E-state index is 12.8. The van der Waals surface area contributed by atoms with Crippen LogP contribution in [0.2, 0.25) is 0 Å². The molecular formula is C10H7FIN3O2. The first-order valence-electron chi connectivity index (χ1n) is 4.54. The van der Waals surface area contributed by atoms with Crippen LogP contribution in [-0.2, 0) is 0 Å². The second-order valence-electron chi connectivity index (χ2n) is 3.14. The van der Waals surface area contributed by atoms with E-state index in [2.05, 4.69) is 9.97 Å². The van der Waals surface area contributed by atoms with Crippen molar-refractivity contribution < 1.29 is 9.13 Å². The number of benzene rings is 1. The number of nitrogens with two attached hydrogens (primary N) is 1. The van der Waals surface area contributed by atoms with Crippen LogP contribution in [0.15, 0.2) is 29.3 Å². The van der Waals surface area contributed by atoms with Crippen LogP contribution in [0, 0.1) is 9.39 Å². The molecule has 0 bridgehead atoms. The van der Waals surface area contributed by atoms with Gasteiger partial charge in [0.1, 0.15) is 9.39 Å². The van der Waals surface area contributed by atoms with Crippen LogP contribution in [0.5, 0.6) is 11.6 Å². The van der Waals surface area contributed by atoms with Gasteiger partial charge in [0, 0.05) is 6.07 Å². The van der Waals surface area contributed by atoms with E-state index in [0.717, 1.165) is 6.07 Å². The van der Waals surface area contributed by atoms with Gasteiger partial charge in [0.05, 0.1) is 12.0 Å². The maximum Gasteiger partial charge on any atom is 0.268 e. The predicted octanol–water partition coefficient (Wildman–Crippen LogP) is 1.89. The number of aromatic amines is 1. The molecule has 0 atom stereocenters. The van der Waals surface area contributed by atoms with E-state index < -0.39 is 5.82 Å². The summed E-state index contributed by atoms with van der Waals surface area (Å²) in [4.78, 5) is 17.6. The maximum absolute atomic E-state index is 12.8. The van der Waals surface area contributed by atoms with Gasteiger partial charge in [-0.1, -0.05) is 0 Å².